The number of carbonyl (C=O) groups excluding carboxylic acids is 2. The predicted molar refractivity (Wildman–Crippen MR) is 140 cm³/mol. The molecule has 4 heterocycles. The molecule has 0 bridgehead atoms. The highest BCUT2D eigenvalue weighted by Crippen LogP contribution is 2.33. The Bertz CT molecular complexity index is 1450. The summed E-state index contributed by atoms with van der Waals surface area (Å²) >= 11 is 0. The SMILES string of the molecule is CCOC(=O)C1CCN(C(=O)c2cc(-c3ccc(C)cc3)nc3c2c(C)nn3C2CCS(=O)(=O)C2)CC1. The molecule has 9 nitrogen and oxygen atoms in total. The Hall–Kier alpha value is -3.27. The van der Waals surface area contributed by atoms with Crippen LogP contribution in [-0.4, -0.2) is 71.2 Å². The summed E-state index contributed by atoms with van der Waals surface area (Å²) in [5.74, 6) is -0.393. The highest BCUT2D eigenvalue weighted by atomic mass is 32.2. The molecule has 0 N–H and O–H groups in total. The number of aryl methyl sites for hydroxylation is 2. The first-order valence-electron chi connectivity index (χ1n) is 12.8. The van der Waals surface area contributed by atoms with Gasteiger partial charge in [-0.25, -0.2) is 18.1 Å². The lowest BCUT2D eigenvalue weighted by atomic mass is 9.96. The van der Waals surface area contributed by atoms with E-state index in [1.54, 1.807) is 16.5 Å². The molecule has 2 saturated heterocycles. The molecule has 1 aromatic carbocycles. The van der Waals surface area contributed by atoms with Gasteiger partial charge in [-0.3, -0.25) is 9.59 Å². The molecule has 0 radical (unpaired) electrons. The van der Waals surface area contributed by atoms with Crippen LogP contribution in [0.5, 0.6) is 0 Å². The molecule has 1 unspecified atom stereocenters. The van der Waals surface area contributed by atoms with Crippen LogP contribution in [0.25, 0.3) is 22.3 Å². The van der Waals surface area contributed by atoms with E-state index in [1.807, 2.05) is 44.2 Å². The van der Waals surface area contributed by atoms with Crippen LogP contribution in [0.2, 0.25) is 0 Å². The van der Waals surface area contributed by atoms with Gasteiger partial charge < -0.3 is 9.64 Å². The van der Waals surface area contributed by atoms with Crippen molar-refractivity contribution in [3.8, 4) is 11.3 Å². The van der Waals surface area contributed by atoms with Crippen molar-refractivity contribution >= 4 is 32.7 Å². The monoisotopic (exact) mass is 524 g/mol. The fourth-order valence-electron chi connectivity index (χ4n) is 5.33. The van der Waals surface area contributed by atoms with E-state index in [2.05, 4.69) is 5.10 Å². The molecule has 2 aromatic heterocycles. The first-order valence-corrected chi connectivity index (χ1v) is 14.6. The number of piperidine rings is 1. The van der Waals surface area contributed by atoms with E-state index in [0.29, 0.717) is 66.9 Å². The summed E-state index contributed by atoms with van der Waals surface area (Å²) in [5.41, 5.74) is 4.29. The van der Waals surface area contributed by atoms with Crippen LogP contribution >= 0.6 is 0 Å². The average molecular weight is 525 g/mol. The van der Waals surface area contributed by atoms with Gasteiger partial charge in [0.1, 0.15) is 0 Å². The molecule has 37 heavy (non-hydrogen) atoms. The van der Waals surface area contributed by atoms with Gasteiger partial charge in [0.2, 0.25) is 0 Å². The number of hydrogen-bond acceptors (Lipinski definition) is 7. The van der Waals surface area contributed by atoms with E-state index in [-0.39, 0.29) is 35.3 Å². The molecule has 196 valence electrons. The lowest BCUT2D eigenvalue weighted by Gasteiger charge is -2.31. The summed E-state index contributed by atoms with van der Waals surface area (Å²) in [6.45, 7) is 6.90. The largest absolute Gasteiger partial charge is 0.466 e. The Labute approximate surface area is 216 Å². The quantitative estimate of drug-likeness (QED) is 0.470. The molecule has 5 rings (SSSR count). The fraction of sp³-hybridized carbons (Fsp3) is 0.481. The molecule has 1 atom stereocenters. The van der Waals surface area contributed by atoms with Crippen LogP contribution in [0.4, 0.5) is 0 Å². The maximum Gasteiger partial charge on any atom is 0.309 e. The number of esters is 1. The Morgan fingerprint density at radius 3 is 2.41 bits per heavy atom. The van der Waals surface area contributed by atoms with Crippen molar-refractivity contribution in [1.82, 2.24) is 19.7 Å². The first-order chi connectivity index (χ1) is 17.7. The summed E-state index contributed by atoms with van der Waals surface area (Å²) < 4.78 is 31.3. The average Bonchev–Trinajstić information content (AvgIpc) is 3.42. The standard InChI is InChI=1S/C27H32N4O5S/c1-4-36-27(33)20-9-12-30(13-10-20)26(32)22-15-23(19-7-5-17(2)6-8-19)28-25-24(22)18(3)29-31(25)21-11-14-37(34,35)16-21/h5-8,15,20-21H,4,9-14,16H2,1-3H3. The lowest BCUT2D eigenvalue weighted by molar-refractivity contribution is -0.149. The van der Waals surface area contributed by atoms with E-state index >= 15 is 0 Å². The molecular formula is C27H32N4O5S. The number of nitrogens with zero attached hydrogens (tertiary/aromatic N) is 4. The number of rotatable bonds is 5. The van der Waals surface area contributed by atoms with Gasteiger partial charge in [0.05, 0.1) is 52.4 Å². The summed E-state index contributed by atoms with van der Waals surface area (Å²) in [6.07, 6.45) is 1.59. The van der Waals surface area contributed by atoms with Crippen molar-refractivity contribution in [3.05, 3.63) is 47.2 Å². The molecule has 10 heteroatoms. The van der Waals surface area contributed by atoms with E-state index in [4.69, 9.17) is 9.72 Å². The number of carbonyl (C=O) groups is 2. The second-order valence-electron chi connectivity index (χ2n) is 10.0. The van der Waals surface area contributed by atoms with Gasteiger partial charge in [-0.15, -0.1) is 0 Å². The van der Waals surface area contributed by atoms with Crippen LogP contribution in [0.1, 0.15) is 53.8 Å². The molecule has 2 fully saturated rings. The predicted octanol–water partition coefficient (Wildman–Crippen LogP) is 3.49. The maximum atomic E-state index is 13.9. The van der Waals surface area contributed by atoms with Crippen molar-refractivity contribution in [2.75, 3.05) is 31.2 Å². The summed E-state index contributed by atoms with van der Waals surface area (Å²) in [4.78, 5) is 32.7. The molecule has 0 spiro atoms. The Kier molecular flexibility index (Phi) is 6.78. The number of benzene rings is 1. The summed E-state index contributed by atoms with van der Waals surface area (Å²) in [5, 5.41) is 5.34. The van der Waals surface area contributed by atoms with Gasteiger partial charge >= 0.3 is 5.97 Å². The smallest absolute Gasteiger partial charge is 0.309 e. The third kappa shape index (κ3) is 4.99. The maximum absolute atomic E-state index is 13.9. The van der Waals surface area contributed by atoms with Gasteiger partial charge in [-0.05, 0) is 46.1 Å². The zero-order valence-electron chi connectivity index (χ0n) is 21.4. The van der Waals surface area contributed by atoms with Gasteiger partial charge in [0.25, 0.3) is 5.91 Å². The zero-order valence-corrected chi connectivity index (χ0v) is 22.3. The summed E-state index contributed by atoms with van der Waals surface area (Å²) in [6, 6.07) is 9.43. The highest BCUT2D eigenvalue weighted by Gasteiger charge is 2.34. The molecule has 1 amide bonds. The van der Waals surface area contributed by atoms with Crippen molar-refractivity contribution in [3.63, 3.8) is 0 Å². The van der Waals surface area contributed by atoms with Crippen LogP contribution in [0.15, 0.2) is 30.3 Å². The van der Waals surface area contributed by atoms with Crippen molar-refractivity contribution < 1.29 is 22.7 Å². The van der Waals surface area contributed by atoms with Crippen LogP contribution < -0.4 is 0 Å². The first kappa shape index (κ1) is 25.4. The number of amides is 1. The van der Waals surface area contributed by atoms with Crippen LogP contribution in [-0.2, 0) is 19.4 Å². The second kappa shape index (κ2) is 9.89. The number of pyridine rings is 1. The highest BCUT2D eigenvalue weighted by molar-refractivity contribution is 7.91. The van der Waals surface area contributed by atoms with Gasteiger partial charge in [-0.1, -0.05) is 29.8 Å². The number of fused-ring (bicyclic) bond motifs is 1. The topological polar surface area (TPSA) is 111 Å². The Morgan fingerprint density at radius 1 is 1.08 bits per heavy atom. The van der Waals surface area contributed by atoms with E-state index in [0.717, 1.165) is 11.1 Å². The van der Waals surface area contributed by atoms with Crippen molar-refractivity contribution in [1.29, 1.82) is 0 Å². The minimum Gasteiger partial charge on any atom is -0.466 e. The number of aromatic nitrogens is 3. The third-order valence-corrected chi connectivity index (χ3v) is 9.12. The molecule has 3 aromatic rings. The molecule has 2 aliphatic heterocycles. The zero-order chi connectivity index (χ0) is 26.3. The van der Waals surface area contributed by atoms with Crippen LogP contribution in [0, 0.1) is 19.8 Å². The van der Waals surface area contributed by atoms with Crippen molar-refractivity contribution in [2.24, 2.45) is 5.92 Å². The molecule has 0 saturated carbocycles. The second-order valence-corrected chi connectivity index (χ2v) is 12.3. The fourth-order valence-corrected chi connectivity index (χ4v) is 7.02. The number of sulfone groups is 1. The molecule has 2 aliphatic rings. The van der Waals surface area contributed by atoms with E-state index in [9.17, 15) is 18.0 Å². The number of hydrogen-bond donors (Lipinski definition) is 0. The van der Waals surface area contributed by atoms with E-state index in [1.165, 1.54) is 0 Å². The Morgan fingerprint density at radius 2 is 1.78 bits per heavy atom. The minimum atomic E-state index is -3.13. The molecule has 0 aliphatic carbocycles. The van der Waals surface area contributed by atoms with Crippen LogP contribution in [0.3, 0.4) is 0 Å². The molecular weight excluding hydrogens is 492 g/mol. The van der Waals surface area contributed by atoms with Gasteiger partial charge in [0, 0.05) is 18.7 Å². The number of likely N-dealkylation sites (tertiary alicyclic amines) is 1. The lowest BCUT2D eigenvalue weighted by Crippen LogP contribution is -2.40. The minimum absolute atomic E-state index is 0.0182. The third-order valence-electron chi connectivity index (χ3n) is 7.37. The Balaban J connectivity index is 1.56. The van der Waals surface area contributed by atoms with Crippen molar-refractivity contribution in [2.45, 2.75) is 46.1 Å². The van der Waals surface area contributed by atoms with Gasteiger partial charge in [0.15, 0.2) is 15.5 Å². The normalized spacial score (nSPS) is 19.9. The summed E-state index contributed by atoms with van der Waals surface area (Å²) in [7, 11) is -3.13. The number of ether oxygens (including phenoxy) is 1. The van der Waals surface area contributed by atoms with Gasteiger partial charge in [-0.2, -0.15) is 5.10 Å². The van der Waals surface area contributed by atoms with E-state index < -0.39 is 9.84 Å².